The van der Waals surface area contributed by atoms with Crippen LogP contribution in [-0.4, -0.2) is 167 Å². The smallest absolute Gasteiger partial charge is 0.316 e. The molecule has 0 unspecified atom stereocenters. The van der Waals surface area contributed by atoms with Gasteiger partial charge in [0.1, 0.15) is 5.82 Å². The highest BCUT2D eigenvalue weighted by molar-refractivity contribution is 5.35. The highest BCUT2D eigenvalue weighted by Crippen LogP contribution is 2.31. The fourth-order valence-corrected chi connectivity index (χ4v) is 12.1. The summed E-state index contributed by atoms with van der Waals surface area (Å²) in [6, 6.07) is 5.45. The van der Waals surface area contributed by atoms with Crippen LogP contribution in [0.15, 0.2) is 69.8 Å². The molecule has 0 atom stereocenters. The molecule has 0 aliphatic carbocycles. The number of nitrogens with one attached hydrogen (secondary N) is 4. The second-order valence-electron chi connectivity index (χ2n) is 22.7. The molecule has 0 aromatic carbocycles. The van der Waals surface area contributed by atoms with E-state index in [0.717, 1.165) is 201 Å². The number of piperidine rings is 3. The molecular weight excluding hydrogens is 1040 g/mol. The van der Waals surface area contributed by atoms with Gasteiger partial charge in [-0.15, -0.1) is 0 Å². The van der Waals surface area contributed by atoms with Crippen LogP contribution < -0.4 is 41.4 Å². The number of rotatable bonds is 16. The molecule has 4 N–H and O–H groups in total. The summed E-state index contributed by atoms with van der Waals surface area (Å²) in [5.41, 5.74) is 6.11. The van der Waals surface area contributed by atoms with E-state index in [2.05, 4.69) is 86.5 Å². The summed E-state index contributed by atoms with van der Waals surface area (Å²) in [6.45, 7) is 16.6. The van der Waals surface area contributed by atoms with E-state index in [0.29, 0.717) is 29.7 Å². The van der Waals surface area contributed by atoms with E-state index in [-0.39, 0.29) is 16.7 Å². The number of hydrogen-bond acceptors (Lipinski definition) is 20. The Kier molecular flexibility index (Phi) is 20.3. The van der Waals surface area contributed by atoms with Crippen LogP contribution >= 0.6 is 0 Å². The molecule has 23 nitrogen and oxygen atoms in total. The molecule has 0 bridgehead atoms. The fourth-order valence-electron chi connectivity index (χ4n) is 12.1. The number of methoxy groups -OCH3 is 1. The predicted octanol–water partition coefficient (Wildman–Crippen LogP) is 5.62. The first-order chi connectivity index (χ1) is 40.1. The number of anilines is 4. The van der Waals surface area contributed by atoms with Crippen LogP contribution in [0.5, 0.6) is 6.01 Å². The number of likely N-dealkylation sites (tertiary alicyclic amines) is 3. The molecule has 6 fully saturated rings. The molecule has 0 amide bonds. The Morgan fingerprint density at radius 1 is 0.476 bits per heavy atom. The van der Waals surface area contributed by atoms with Crippen molar-refractivity contribution in [2.45, 2.75) is 134 Å². The van der Waals surface area contributed by atoms with Gasteiger partial charge in [0.05, 0.1) is 24.2 Å². The highest BCUT2D eigenvalue weighted by Gasteiger charge is 2.28. The first-order valence-electron chi connectivity index (χ1n) is 30.0. The van der Waals surface area contributed by atoms with Gasteiger partial charge in [-0.25, -0.2) is 44.9 Å². The van der Waals surface area contributed by atoms with Crippen LogP contribution in [0.25, 0.3) is 0 Å². The summed E-state index contributed by atoms with van der Waals surface area (Å²) in [7, 11) is 3.38. The van der Waals surface area contributed by atoms with Crippen molar-refractivity contribution in [2.24, 2.45) is 0 Å². The zero-order chi connectivity index (χ0) is 56.6. The van der Waals surface area contributed by atoms with Crippen LogP contribution in [0.1, 0.15) is 148 Å². The van der Waals surface area contributed by atoms with Crippen molar-refractivity contribution in [3.63, 3.8) is 0 Å². The van der Waals surface area contributed by atoms with Crippen molar-refractivity contribution >= 4 is 23.8 Å². The Bertz CT molecular complexity index is 2960. The number of H-pyrrole nitrogens is 3. The molecule has 12 rings (SSSR count). The quantitative estimate of drug-likeness (QED) is 0.0917. The third kappa shape index (κ3) is 16.1. The maximum absolute atomic E-state index is 12.1. The minimum absolute atomic E-state index is 0.0290. The number of hydrogen-bond donors (Lipinski definition) is 4. The van der Waals surface area contributed by atoms with E-state index in [4.69, 9.17) is 19.7 Å². The van der Waals surface area contributed by atoms with Gasteiger partial charge in [-0.3, -0.25) is 44.0 Å². The molecule has 23 heteroatoms. The lowest BCUT2D eigenvalue weighted by atomic mass is 9.93. The Morgan fingerprint density at radius 2 is 0.793 bits per heavy atom. The molecule has 0 spiro atoms. The number of aromatic amines is 3. The molecule has 438 valence electrons. The normalized spacial score (nSPS) is 18.7. The zero-order valence-corrected chi connectivity index (χ0v) is 48.3. The molecule has 0 radical (unpaired) electrons. The minimum Gasteiger partial charge on any atom is -0.467 e. The van der Waals surface area contributed by atoms with Crippen LogP contribution in [0.3, 0.4) is 0 Å². The van der Waals surface area contributed by atoms with Crippen molar-refractivity contribution in [3.05, 3.63) is 126 Å². The largest absolute Gasteiger partial charge is 0.467 e. The van der Waals surface area contributed by atoms with Crippen LogP contribution in [0.2, 0.25) is 0 Å². The molecule has 12 heterocycles. The Balaban J connectivity index is 0.000000138. The summed E-state index contributed by atoms with van der Waals surface area (Å²) < 4.78 is 5.00. The lowest BCUT2D eigenvalue weighted by Gasteiger charge is -2.31. The topological polar surface area (TPSA) is 255 Å². The van der Waals surface area contributed by atoms with Gasteiger partial charge in [-0.05, 0) is 123 Å². The third-order valence-corrected chi connectivity index (χ3v) is 16.7. The summed E-state index contributed by atoms with van der Waals surface area (Å²) in [4.78, 5) is 99.2. The van der Waals surface area contributed by atoms with Crippen molar-refractivity contribution in [1.29, 1.82) is 0 Å². The van der Waals surface area contributed by atoms with Gasteiger partial charge >= 0.3 is 6.01 Å². The maximum atomic E-state index is 12.1. The second kappa shape index (κ2) is 28.6. The highest BCUT2D eigenvalue weighted by atomic mass is 16.5. The molecule has 6 aromatic heterocycles. The van der Waals surface area contributed by atoms with E-state index >= 15 is 0 Å². The number of aryl methyl sites for hydroxylation is 1. The first kappa shape index (κ1) is 58.0. The standard InChI is InChI=1S/C21H30N6O.C19H27N7O.C19H26N6O2/c1-2-5-19-22-13-16(14-23-19)15-26-10-6-17(7-11-26)18-12-20(28)25-21(24-18)27-8-3-4-9-27;1-20-18-21-11-14(12-22-18)13-25-8-4-15(5-9-25)16-10-17(27)24-19(23-16)26-6-2-3-7-26;1-27-19-20-11-14(12-21-19)13-24-8-4-15(5-9-24)16-10-17(26)23-18(22-16)25-6-2-3-7-25/h12-14,17H,2-11,15H2,1H3,(H,24,25,28);10-12,15H,2-9,13H2,1H3,(H,20,21,22)(H,23,24,27);10-12,15H,2-9,13H2,1H3,(H,22,23,26). The molecule has 6 aliphatic rings. The van der Waals surface area contributed by atoms with E-state index < -0.39 is 0 Å². The van der Waals surface area contributed by atoms with Gasteiger partial charge in [0.25, 0.3) is 16.7 Å². The van der Waals surface area contributed by atoms with Crippen LogP contribution in [0.4, 0.5) is 23.8 Å². The van der Waals surface area contributed by atoms with Gasteiger partial charge in [0, 0.05) is 162 Å². The summed E-state index contributed by atoms with van der Waals surface area (Å²) in [6.07, 6.45) is 26.5. The SMILES string of the molecule is CCCc1ncc(CN2CCC(c3cc(=O)[nH]c(N4CCCC4)n3)CC2)cn1.CNc1ncc(CN2CCC(c3cc(=O)[nH]c(N4CCCC4)n3)CC2)cn1.COc1ncc(CN2CCC(c3cc(=O)[nH]c(N4CCCC4)n3)CC2)cn1. The summed E-state index contributed by atoms with van der Waals surface area (Å²) in [5.74, 6) is 4.89. The first-order valence-corrected chi connectivity index (χ1v) is 30.0. The molecule has 6 aliphatic heterocycles. The number of nitrogens with zero attached hydrogens (tertiary/aromatic N) is 15. The minimum atomic E-state index is -0.0419. The number of aromatic nitrogens is 12. The van der Waals surface area contributed by atoms with Crippen molar-refractivity contribution in [3.8, 4) is 6.01 Å². The molecule has 0 saturated carbocycles. The predicted molar refractivity (Wildman–Crippen MR) is 317 cm³/mol. The summed E-state index contributed by atoms with van der Waals surface area (Å²) in [5, 5.41) is 2.94. The summed E-state index contributed by atoms with van der Waals surface area (Å²) >= 11 is 0. The second-order valence-corrected chi connectivity index (χ2v) is 22.7. The Morgan fingerprint density at radius 3 is 1.10 bits per heavy atom. The lowest BCUT2D eigenvalue weighted by Crippen LogP contribution is -2.33. The van der Waals surface area contributed by atoms with Crippen molar-refractivity contribution in [2.75, 3.05) is 113 Å². The Hall–Kier alpha value is -7.24. The van der Waals surface area contributed by atoms with Gasteiger partial charge < -0.3 is 24.8 Å². The third-order valence-electron chi connectivity index (χ3n) is 16.7. The average Bonchev–Trinajstić information content (AvgIpc) is 4.47. The van der Waals surface area contributed by atoms with E-state index in [1.165, 1.54) is 44.1 Å². The maximum Gasteiger partial charge on any atom is 0.316 e. The van der Waals surface area contributed by atoms with E-state index in [9.17, 15) is 14.4 Å². The van der Waals surface area contributed by atoms with Crippen molar-refractivity contribution in [1.82, 2.24) is 74.5 Å². The number of ether oxygens (including phenoxy) is 1. The van der Waals surface area contributed by atoms with Gasteiger partial charge in [0.15, 0.2) is 0 Å². The molecule has 6 saturated heterocycles. The van der Waals surface area contributed by atoms with E-state index in [1.54, 1.807) is 25.3 Å². The van der Waals surface area contributed by atoms with Crippen LogP contribution in [0, 0.1) is 0 Å². The van der Waals surface area contributed by atoms with Gasteiger partial charge in [-0.1, -0.05) is 6.92 Å². The Labute approximate surface area is 480 Å². The lowest BCUT2D eigenvalue weighted by molar-refractivity contribution is 0.202. The molecular formula is C59H83N19O4. The van der Waals surface area contributed by atoms with Crippen molar-refractivity contribution < 1.29 is 4.74 Å². The molecule has 82 heavy (non-hydrogen) atoms. The average molecular weight is 1120 g/mol. The van der Waals surface area contributed by atoms with E-state index in [1.807, 2.05) is 44.2 Å². The monoisotopic (exact) mass is 1120 g/mol. The molecule has 6 aromatic rings. The fraction of sp³-hybridized carbons (Fsp3) is 0.593. The zero-order valence-electron chi connectivity index (χ0n) is 48.3. The van der Waals surface area contributed by atoms with Crippen LogP contribution in [-0.2, 0) is 26.1 Å². The van der Waals surface area contributed by atoms with Gasteiger partial charge in [0.2, 0.25) is 23.8 Å². The van der Waals surface area contributed by atoms with Gasteiger partial charge in [-0.2, -0.15) is 0 Å².